The molecule has 0 atom stereocenters. The molecule has 146 valence electrons. The van der Waals surface area contributed by atoms with Crippen molar-refractivity contribution in [3.63, 3.8) is 0 Å². The molecule has 0 unspecified atom stereocenters. The summed E-state index contributed by atoms with van der Waals surface area (Å²) >= 11 is 0. The molecule has 2 N–H and O–H groups in total. The maximum atomic E-state index is 12.2. The van der Waals surface area contributed by atoms with E-state index in [1.165, 1.54) is 0 Å². The Morgan fingerprint density at radius 3 is 2.39 bits per heavy atom. The van der Waals surface area contributed by atoms with E-state index < -0.39 is 5.97 Å². The molecule has 1 aliphatic carbocycles. The molecule has 1 aliphatic rings. The summed E-state index contributed by atoms with van der Waals surface area (Å²) in [6.45, 7) is 1.00. The molecular weight excluding hydrogens is 356 g/mol. The minimum absolute atomic E-state index is 0.326. The minimum atomic E-state index is -0.920. The van der Waals surface area contributed by atoms with Crippen LogP contribution in [0.2, 0.25) is 0 Å². The van der Waals surface area contributed by atoms with E-state index in [1.54, 1.807) is 14.2 Å². The van der Waals surface area contributed by atoms with Crippen molar-refractivity contribution in [3.8, 4) is 11.5 Å². The number of nitrogens with zero attached hydrogens (tertiary/aromatic N) is 1. The highest BCUT2D eigenvalue weighted by atomic mass is 16.5. The lowest BCUT2D eigenvalue weighted by Gasteiger charge is -2.11. The molecule has 0 saturated heterocycles. The summed E-state index contributed by atoms with van der Waals surface area (Å²) in [7, 11) is 3.24. The topological polar surface area (TPSA) is 72.7 Å². The van der Waals surface area contributed by atoms with E-state index in [9.17, 15) is 9.90 Å². The van der Waals surface area contributed by atoms with Crippen LogP contribution in [0.25, 0.3) is 10.9 Å². The van der Waals surface area contributed by atoms with Crippen LogP contribution >= 0.6 is 0 Å². The van der Waals surface area contributed by atoms with Gasteiger partial charge in [0.2, 0.25) is 0 Å². The van der Waals surface area contributed by atoms with Gasteiger partial charge in [0.05, 0.1) is 19.7 Å². The van der Waals surface area contributed by atoms with Gasteiger partial charge in [-0.25, -0.2) is 4.79 Å². The van der Waals surface area contributed by atoms with Gasteiger partial charge in [0, 0.05) is 36.1 Å². The Bertz CT molecular complexity index is 1000. The van der Waals surface area contributed by atoms with Crippen LogP contribution in [0.1, 0.15) is 34.5 Å². The zero-order chi connectivity index (χ0) is 19.7. The second-order valence-corrected chi connectivity index (χ2v) is 7.10. The van der Waals surface area contributed by atoms with E-state index >= 15 is 0 Å². The Kier molecular flexibility index (Phi) is 4.96. The van der Waals surface area contributed by atoms with Crippen molar-refractivity contribution in [2.24, 2.45) is 0 Å². The SMILES string of the molecule is COc1ccc(Cn2c(C(=O)O)c(CNC3CC3)c3ccc(OC)cc32)cc1. The van der Waals surface area contributed by atoms with Gasteiger partial charge in [0.25, 0.3) is 0 Å². The Balaban J connectivity index is 1.82. The lowest BCUT2D eigenvalue weighted by Crippen LogP contribution is -2.18. The number of hydrogen-bond donors (Lipinski definition) is 2. The highest BCUT2D eigenvalue weighted by Crippen LogP contribution is 2.31. The van der Waals surface area contributed by atoms with Crippen molar-refractivity contribution in [1.82, 2.24) is 9.88 Å². The van der Waals surface area contributed by atoms with E-state index in [1.807, 2.05) is 47.0 Å². The molecule has 0 amide bonds. The molecule has 2 aromatic carbocycles. The molecule has 0 radical (unpaired) electrons. The third-order valence-electron chi connectivity index (χ3n) is 5.22. The van der Waals surface area contributed by atoms with Gasteiger partial charge in [-0.15, -0.1) is 0 Å². The zero-order valence-corrected chi connectivity index (χ0v) is 16.1. The average molecular weight is 380 g/mol. The number of benzene rings is 2. The van der Waals surface area contributed by atoms with Crippen molar-refractivity contribution < 1.29 is 19.4 Å². The van der Waals surface area contributed by atoms with Crippen molar-refractivity contribution in [3.05, 3.63) is 59.3 Å². The molecule has 0 bridgehead atoms. The summed E-state index contributed by atoms with van der Waals surface area (Å²) in [5.41, 5.74) is 3.02. The first-order valence-corrected chi connectivity index (χ1v) is 9.39. The molecular formula is C22H24N2O4. The van der Waals surface area contributed by atoms with Gasteiger partial charge in [0.1, 0.15) is 17.2 Å². The molecule has 0 aliphatic heterocycles. The van der Waals surface area contributed by atoms with Crippen LogP contribution in [0.4, 0.5) is 0 Å². The van der Waals surface area contributed by atoms with Gasteiger partial charge in [0.15, 0.2) is 0 Å². The predicted octanol–water partition coefficient (Wildman–Crippen LogP) is 3.66. The van der Waals surface area contributed by atoms with E-state index in [2.05, 4.69) is 5.32 Å². The van der Waals surface area contributed by atoms with Crippen LogP contribution in [-0.4, -0.2) is 35.9 Å². The Morgan fingerprint density at radius 1 is 1.11 bits per heavy atom. The zero-order valence-electron chi connectivity index (χ0n) is 16.1. The van der Waals surface area contributed by atoms with Crippen molar-refractivity contribution in [2.45, 2.75) is 32.0 Å². The summed E-state index contributed by atoms with van der Waals surface area (Å²) in [6.07, 6.45) is 2.31. The fourth-order valence-corrected chi connectivity index (χ4v) is 3.56. The van der Waals surface area contributed by atoms with Gasteiger partial charge < -0.3 is 24.5 Å². The number of aromatic carboxylic acids is 1. The fraction of sp³-hybridized carbons (Fsp3) is 0.318. The van der Waals surface area contributed by atoms with Gasteiger partial charge in [-0.1, -0.05) is 12.1 Å². The molecule has 3 aromatic rings. The Labute approximate surface area is 163 Å². The van der Waals surface area contributed by atoms with Crippen molar-refractivity contribution in [1.29, 1.82) is 0 Å². The van der Waals surface area contributed by atoms with Gasteiger partial charge in [-0.05, 0) is 42.7 Å². The summed E-state index contributed by atoms with van der Waals surface area (Å²) in [6, 6.07) is 13.9. The quantitative estimate of drug-likeness (QED) is 0.624. The molecule has 4 rings (SSSR count). The highest BCUT2D eigenvalue weighted by molar-refractivity contribution is 5.98. The minimum Gasteiger partial charge on any atom is -0.497 e. The van der Waals surface area contributed by atoms with Crippen LogP contribution in [-0.2, 0) is 13.1 Å². The number of aromatic nitrogens is 1. The van der Waals surface area contributed by atoms with Crippen molar-refractivity contribution in [2.75, 3.05) is 14.2 Å². The summed E-state index contributed by atoms with van der Waals surface area (Å²) in [4.78, 5) is 12.2. The van der Waals surface area contributed by atoms with E-state index in [0.717, 1.165) is 40.6 Å². The number of hydrogen-bond acceptors (Lipinski definition) is 4. The molecule has 1 heterocycles. The number of nitrogens with one attached hydrogen (secondary N) is 1. The average Bonchev–Trinajstić information content (AvgIpc) is 3.49. The molecule has 6 nitrogen and oxygen atoms in total. The standard InChI is InChI=1S/C22H24N2O4/c1-27-16-7-3-14(4-8-16)13-24-20-11-17(28-2)9-10-18(20)19(21(24)22(25)26)12-23-15-5-6-15/h3-4,7-11,15,23H,5-6,12-13H2,1-2H3,(H,25,26). The highest BCUT2D eigenvalue weighted by Gasteiger charge is 2.26. The lowest BCUT2D eigenvalue weighted by atomic mass is 10.1. The maximum Gasteiger partial charge on any atom is 0.352 e. The van der Waals surface area contributed by atoms with Gasteiger partial charge in [-0.3, -0.25) is 0 Å². The molecule has 28 heavy (non-hydrogen) atoms. The number of carboxylic acid groups (broad SMARTS) is 1. The molecule has 0 spiro atoms. The summed E-state index contributed by atoms with van der Waals surface area (Å²) < 4.78 is 12.5. The van der Waals surface area contributed by atoms with Gasteiger partial charge in [-0.2, -0.15) is 0 Å². The first-order valence-electron chi connectivity index (χ1n) is 9.39. The largest absolute Gasteiger partial charge is 0.497 e. The third kappa shape index (κ3) is 3.55. The van der Waals surface area contributed by atoms with Crippen LogP contribution in [0.3, 0.4) is 0 Å². The third-order valence-corrected chi connectivity index (χ3v) is 5.22. The molecule has 1 fully saturated rings. The second kappa shape index (κ2) is 7.56. The summed E-state index contributed by atoms with van der Waals surface area (Å²) in [5, 5.41) is 14.4. The first-order chi connectivity index (χ1) is 13.6. The lowest BCUT2D eigenvalue weighted by molar-refractivity contribution is 0.0684. The van der Waals surface area contributed by atoms with Crippen molar-refractivity contribution >= 4 is 16.9 Å². The number of ether oxygens (including phenoxy) is 2. The molecule has 6 heteroatoms. The van der Waals surface area contributed by atoms with E-state index in [4.69, 9.17) is 9.47 Å². The van der Waals surface area contributed by atoms with E-state index in [-0.39, 0.29) is 0 Å². The number of methoxy groups -OCH3 is 2. The number of carboxylic acids is 1. The number of carbonyl (C=O) groups is 1. The molecule has 1 saturated carbocycles. The van der Waals surface area contributed by atoms with E-state index in [0.29, 0.717) is 30.6 Å². The van der Waals surface area contributed by atoms with Crippen LogP contribution in [0, 0.1) is 0 Å². The summed E-state index contributed by atoms with van der Waals surface area (Å²) in [5.74, 6) is 0.562. The second-order valence-electron chi connectivity index (χ2n) is 7.10. The van der Waals surface area contributed by atoms with Crippen LogP contribution < -0.4 is 14.8 Å². The Morgan fingerprint density at radius 2 is 1.79 bits per heavy atom. The predicted molar refractivity (Wildman–Crippen MR) is 107 cm³/mol. The van der Waals surface area contributed by atoms with Crippen LogP contribution in [0.5, 0.6) is 11.5 Å². The van der Waals surface area contributed by atoms with Crippen LogP contribution in [0.15, 0.2) is 42.5 Å². The first kappa shape index (κ1) is 18.4. The smallest absolute Gasteiger partial charge is 0.352 e. The fourth-order valence-electron chi connectivity index (χ4n) is 3.56. The molecule has 1 aromatic heterocycles. The normalized spacial score (nSPS) is 13.6. The maximum absolute atomic E-state index is 12.2. The van der Waals surface area contributed by atoms with Gasteiger partial charge >= 0.3 is 5.97 Å². The Hall–Kier alpha value is -2.99. The number of rotatable bonds is 8. The number of fused-ring (bicyclic) bond motifs is 1. The monoisotopic (exact) mass is 380 g/mol.